The number of aryl methyl sites for hydroxylation is 1. The molecular formula is C16H20N2O4S. The van der Waals surface area contributed by atoms with Gasteiger partial charge in [-0.05, 0) is 37.3 Å². The van der Waals surface area contributed by atoms with Crippen molar-refractivity contribution in [3.8, 4) is 0 Å². The van der Waals surface area contributed by atoms with Gasteiger partial charge < -0.3 is 0 Å². The van der Waals surface area contributed by atoms with Gasteiger partial charge in [-0.2, -0.15) is 4.31 Å². The summed E-state index contributed by atoms with van der Waals surface area (Å²) in [7, 11) is -3.52. The predicted octanol–water partition coefficient (Wildman–Crippen LogP) is 1.31. The number of hydroxylamine groups is 2. The lowest BCUT2D eigenvalue weighted by Gasteiger charge is -2.44. The minimum Gasteiger partial charge on any atom is -0.272 e. The third-order valence-corrected chi connectivity index (χ3v) is 6.77. The second-order valence-corrected chi connectivity index (χ2v) is 8.79. The Kier molecular flexibility index (Phi) is 3.30. The van der Waals surface area contributed by atoms with Crippen LogP contribution >= 0.6 is 0 Å². The number of nitrogens with zero attached hydrogens (tertiary/aromatic N) is 2. The minimum absolute atomic E-state index is 0.0233. The van der Waals surface area contributed by atoms with Gasteiger partial charge in [0.25, 0.3) is 0 Å². The van der Waals surface area contributed by atoms with Crippen LogP contribution in [0.2, 0.25) is 0 Å². The third kappa shape index (κ3) is 2.56. The molecule has 0 unspecified atom stereocenters. The molecule has 0 radical (unpaired) electrons. The molecule has 2 aliphatic heterocycles. The van der Waals surface area contributed by atoms with Gasteiger partial charge in [0.2, 0.25) is 15.9 Å². The molecule has 2 heterocycles. The van der Waals surface area contributed by atoms with Gasteiger partial charge in [-0.3, -0.25) is 9.63 Å². The van der Waals surface area contributed by atoms with Crippen LogP contribution < -0.4 is 0 Å². The van der Waals surface area contributed by atoms with Crippen LogP contribution in [0.3, 0.4) is 0 Å². The lowest BCUT2D eigenvalue weighted by Crippen LogP contribution is -2.63. The molecule has 1 amide bonds. The zero-order valence-electron chi connectivity index (χ0n) is 13.1. The molecule has 3 aliphatic rings. The van der Waals surface area contributed by atoms with Crippen molar-refractivity contribution in [2.45, 2.75) is 36.7 Å². The van der Waals surface area contributed by atoms with Crippen LogP contribution in [0, 0.1) is 12.8 Å². The molecule has 0 atom stereocenters. The average Bonchev–Trinajstić information content (AvgIpc) is 3.20. The Labute approximate surface area is 136 Å². The lowest BCUT2D eigenvalue weighted by atomic mass is 9.94. The number of sulfonamides is 1. The number of carbonyl (C=O) groups is 1. The van der Waals surface area contributed by atoms with Gasteiger partial charge in [-0.1, -0.05) is 18.2 Å². The van der Waals surface area contributed by atoms with E-state index in [9.17, 15) is 13.2 Å². The maximum absolute atomic E-state index is 12.7. The fraction of sp³-hybridized carbons (Fsp3) is 0.562. The van der Waals surface area contributed by atoms with Crippen molar-refractivity contribution in [2.75, 3.05) is 19.6 Å². The zero-order chi connectivity index (χ0) is 16.2. The summed E-state index contributed by atoms with van der Waals surface area (Å²) in [4.78, 5) is 18.2. The van der Waals surface area contributed by atoms with E-state index >= 15 is 0 Å². The van der Waals surface area contributed by atoms with E-state index in [1.54, 1.807) is 25.1 Å². The number of rotatable bonds is 4. The van der Waals surface area contributed by atoms with Crippen LogP contribution in [0.1, 0.15) is 24.8 Å². The van der Waals surface area contributed by atoms with Gasteiger partial charge in [-0.25, -0.2) is 13.5 Å². The first-order chi connectivity index (χ1) is 10.9. The molecule has 2 saturated heterocycles. The van der Waals surface area contributed by atoms with Crippen molar-refractivity contribution in [2.24, 2.45) is 5.92 Å². The molecule has 124 valence electrons. The Hall–Kier alpha value is -1.44. The molecule has 4 rings (SSSR count). The molecule has 1 saturated carbocycles. The minimum atomic E-state index is -3.52. The van der Waals surface area contributed by atoms with E-state index in [1.165, 1.54) is 9.37 Å². The van der Waals surface area contributed by atoms with Crippen molar-refractivity contribution in [1.29, 1.82) is 0 Å². The Morgan fingerprint density at radius 3 is 2.61 bits per heavy atom. The fourth-order valence-electron chi connectivity index (χ4n) is 3.28. The van der Waals surface area contributed by atoms with Gasteiger partial charge in [-0.15, -0.1) is 0 Å². The highest BCUT2D eigenvalue weighted by atomic mass is 32.2. The first kappa shape index (κ1) is 15.1. The normalized spacial score (nSPS) is 24.2. The summed E-state index contributed by atoms with van der Waals surface area (Å²) in [6.45, 7) is 2.92. The van der Waals surface area contributed by atoms with Crippen LogP contribution in [-0.2, 0) is 19.7 Å². The number of carbonyl (C=O) groups excluding carboxylic acids is 1. The monoisotopic (exact) mass is 336 g/mol. The van der Waals surface area contributed by atoms with E-state index in [2.05, 4.69) is 0 Å². The van der Waals surface area contributed by atoms with E-state index in [1.807, 2.05) is 6.07 Å². The molecular weight excluding hydrogens is 316 g/mol. The summed E-state index contributed by atoms with van der Waals surface area (Å²) in [5.41, 5.74) is 0.0779. The number of hydrogen-bond donors (Lipinski definition) is 0. The molecule has 1 aromatic carbocycles. The summed E-state index contributed by atoms with van der Waals surface area (Å²) < 4.78 is 26.8. The van der Waals surface area contributed by atoms with Gasteiger partial charge in [0.05, 0.1) is 17.9 Å². The van der Waals surface area contributed by atoms with Gasteiger partial charge in [0.1, 0.15) is 5.60 Å². The van der Waals surface area contributed by atoms with E-state index in [0.29, 0.717) is 17.4 Å². The largest absolute Gasteiger partial charge is 0.272 e. The van der Waals surface area contributed by atoms with Gasteiger partial charge in [0, 0.05) is 13.1 Å². The van der Waals surface area contributed by atoms with E-state index in [4.69, 9.17) is 4.84 Å². The molecule has 0 bridgehead atoms. The first-order valence-electron chi connectivity index (χ1n) is 7.95. The average molecular weight is 336 g/mol. The quantitative estimate of drug-likeness (QED) is 0.831. The van der Waals surface area contributed by atoms with E-state index < -0.39 is 15.6 Å². The molecule has 3 fully saturated rings. The highest BCUT2D eigenvalue weighted by molar-refractivity contribution is 7.89. The van der Waals surface area contributed by atoms with Crippen LogP contribution in [-0.4, -0.2) is 48.9 Å². The van der Waals surface area contributed by atoms with Crippen LogP contribution in [0.5, 0.6) is 0 Å². The van der Waals surface area contributed by atoms with E-state index in [0.717, 1.165) is 18.4 Å². The highest BCUT2D eigenvalue weighted by Gasteiger charge is 2.57. The molecule has 1 spiro atoms. The molecule has 7 heteroatoms. The number of benzene rings is 1. The summed E-state index contributed by atoms with van der Waals surface area (Å²) in [6.07, 6.45) is 2.57. The zero-order valence-corrected chi connectivity index (χ0v) is 13.9. The van der Waals surface area contributed by atoms with E-state index in [-0.39, 0.29) is 25.4 Å². The van der Waals surface area contributed by atoms with Crippen molar-refractivity contribution >= 4 is 15.9 Å². The summed E-state index contributed by atoms with van der Waals surface area (Å²) in [6, 6.07) is 6.95. The predicted molar refractivity (Wildman–Crippen MR) is 82.8 cm³/mol. The Morgan fingerprint density at radius 1 is 1.26 bits per heavy atom. The number of amides is 1. The number of hydrogen-bond acceptors (Lipinski definition) is 4. The molecule has 6 nitrogen and oxygen atoms in total. The lowest BCUT2D eigenvalue weighted by molar-refractivity contribution is -0.225. The second kappa shape index (κ2) is 5.03. The van der Waals surface area contributed by atoms with Crippen molar-refractivity contribution in [1.82, 2.24) is 9.37 Å². The Morgan fingerprint density at radius 2 is 1.96 bits per heavy atom. The van der Waals surface area contributed by atoms with Crippen molar-refractivity contribution in [3.05, 3.63) is 29.8 Å². The van der Waals surface area contributed by atoms with Crippen LogP contribution in [0.25, 0.3) is 0 Å². The first-order valence-corrected chi connectivity index (χ1v) is 9.39. The van der Waals surface area contributed by atoms with Crippen molar-refractivity contribution < 1.29 is 18.0 Å². The highest BCUT2D eigenvalue weighted by Crippen LogP contribution is 2.41. The Bertz CT molecular complexity index is 751. The standard InChI is InChI=1S/C16H20N2O4S/c1-12-4-2-3-5-14(12)23(20,21)17-10-16(11-17)8-15(19)18(22-16)9-13-6-7-13/h2-5,13H,6-11H2,1H3. The topological polar surface area (TPSA) is 66.9 Å². The van der Waals surface area contributed by atoms with Crippen molar-refractivity contribution in [3.63, 3.8) is 0 Å². The van der Waals surface area contributed by atoms with Crippen LogP contribution in [0.15, 0.2) is 29.2 Å². The summed E-state index contributed by atoms with van der Waals surface area (Å²) >= 11 is 0. The molecule has 1 aromatic rings. The smallest absolute Gasteiger partial charge is 0.249 e. The SMILES string of the molecule is Cc1ccccc1S(=O)(=O)N1CC2(CC(=O)N(CC3CC3)O2)C1. The van der Waals surface area contributed by atoms with Gasteiger partial charge in [0.15, 0.2) is 0 Å². The molecule has 0 N–H and O–H groups in total. The summed E-state index contributed by atoms with van der Waals surface area (Å²) in [5, 5.41) is 1.45. The van der Waals surface area contributed by atoms with Crippen LogP contribution in [0.4, 0.5) is 0 Å². The Balaban J connectivity index is 1.47. The summed E-state index contributed by atoms with van der Waals surface area (Å²) in [5.74, 6) is 0.533. The maximum atomic E-state index is 12.7. The fourth-order valence-corrected chi connectivity index (χ4v) is 5.09. The second-order valence-electron chi connectivity index (χ2n) is 6.89. The third-order valence-electron chi connectivity index (χ3n) is 4.82. The maximum Gasteiger partial charge on any atom is 0.249 e. The molecule has 23 heavy (non-hydrogen) atoms. The molecule has 1 aliphatic carbocycles. The molecule has 0 aromatic heterocycles. The van der Waals surface area contributed by atoms with Gasteiger partial charge >= 0.3 is 0 Å².